The lowest BCUT2D eigenvalue weighted by Gasteiger charge is -2.13. The Morgan fingerprint density at radius 1 is 1.21 bits per heavy atom. The van der Waals surface area contributed by atoms with Crippen LogP contribution < -0.4 is 15.4 Å². The number of rotatable bonds is 9. The summed E-state index contributed by atoms with van der Waals surface area (Å²) in [6.45, 7) is 9.51. The van der Waals surface area contributed by atoms with Gasteiger partial charge >= 0.3 is 0 Å². The van der Waals surface area contributed by atoms with Crippen LogP contribution >= 0.6 is 0 Å². The number of carbonyl (C=O) groups is 1. The first kappa shape index (κ1) is 23.2. The van der Waals surface area contributed by atoms with Crippen LogP contribution in [0, 0.1) is 12.8 Å². The molecule has 1 amide bonds. The molecule has 33 heavy (non-hydrogen) atoms. The van der Waals surface area contributed by atoms with Crippen LogP contribution in [0.4, 0.5) is 5.69 Å². The molecule has 0 aliphatic carbocycles. The molecule has 2 heterocycles. The van der Waals surface area contributed by atoms with E-state index in [1.807, 2.05) is 37.4 Å². The van der Waals surface area contributed by atoms with Gasteiger partial charge in [-0.1, -0.05) is 19.9 Å². The summed E-state index contributed by atoms with van der Waals surface area (Å²) < 4.78 is 11.4. The van der Waals surface area contributed by atoms with E-state index in [0.717, 1.165) is 66.0 Å². The van der Waals surface area contributed by atoms with Crippen molar-refractivity contribution >= 4 is 22.5 Å². The molecule has 6 heteroatoms. The summed E-state index contributed by atoms with van der Waals surface area (Å²) in [5, 5.41) is 7.55. The molecule has 1 atom stereocenters. The lowest BCUT2D eigenvalue weighted by atomic mass is 10.1. The Kier molecular flexibility index (Phi) is 7.57. The van der Waals surface area contributed by atoms with Crippen LogP contribution in [0.3, 0.4) is 0 Å². The SMILES string of the molecule is Cc1c(NC(=O)c2ccc(OCC3CCCO3)cc2)ccc2cc(CNCC(C)C)cnc12. The van der Waals surface area contributed by atoms with Crippen molar-refractivity contribution in [2.75, 3.05) is 25.1 Å². The summed E-state index contributed by atoms with van der Waals surface area (Å²) in [4.78, 5) is 17.5. The summed E-state index contributed by atoms with van der Waals surface area (Å²) in [5.41, 5.74) is 4.36. The average molecular weight is 448 g/mol. The Morgan fingerprint density at radius 2 is 2.03 bits per heavy atom. The molecular formula is C27H33N3O3. The first-order valence-electron chi connectivity index (χ1n) is 11.7. The van der Waals surface area contributed by atoms with E-state index in [9.17, 15) is 4.79 Å². The number of anilines is 1. The van der Waals surface area contributed by atoms with Crippen molar-refractivity contribution in [2.24, 2.45) is 5.92 Å². The van der Waals surface area contributed by atoms with Gasteiger partial charge in [0.05, 0.1) is 11.6 Å². The van der Waals surface area contributed by atoms with Gasteiger partial charge in [-0.25, -0.2) is 0 Å². The zero-order valence-electron chi connectivity index (χ0n) is 19.7. The molecule has 2 aromatic carbocycles. The van der Waals surface area contributed by atoms with Crippen molar-refractivity contribution < 1.29 is 14.3 Å². The molecule has 3 aromatic rings. The predicted molar refractivity (Wildman–Crippen MR) is 132 cm³/mol. The first-order valence-corrected chi connectivity index (χ1v) is 11.7. The second kappa shape index (κ2) is 10.8. The standard InChI is InChI=1S/C27H33N3O3/c1-18(2)14-28-15-20-13-22-8-11-25(19(3)26(22)29-16-20)30-27(31)21-6-9-23(10-7-21)33-17-24-5-4-12-32-24/h6-11,13,16,18,24,28H,4-5,12,14-15,17H2,1-3H3,(H,30,31). The molecule has 174 valence electrons. The Balaban J connectivity index is 1.39. The molecule has 1 aromatic heterocycles. The number of carbonyl (C=O) groups excluding carboxylic acids is 1. The minimum Gasteiger partial charge on any atom is -0.491 e. The van der Waals surface area contributed by atoms with Gasteiger partial charge in [-0.3, -0.25) is 9.78 Å². The van der Waals surface area contributed by atoms with Crippen LogP contribution in [0.5, 0.6) is 5.75 Å². The number of pyridine rings is 1. The van der Waals surface area contributed by atoms with Crippen LogP contribution in [0.25, 0.3) is 10.9 Å². The minimum absolute atomic E-state index is 0.155. The zero-order chi connectivity index (χ0) is 23.2. The molecule has 4 rings (SSSR count). The number of hydrogen-bond acceptors (Lipinski definition) is 5. The number of aryl methyl sites for hydroxylation is 1. The Labute approximate surface area is 195 Å². The van der Waals surface area contributed by atoms with Gasteiger partial charge in [0.2, 0.25) is 0 Å². The normalized spacial score (nSPS) is 15.8. The fraction of sp³-hybridized carbons (Fsp3) is 0.407. The molecule has 0 spiro atoms. The molecular weight excluding hydrogens is 414 g/mol. The number of nitrogens with one attached hydrogen (secondary N) is 2. The molecule has 6 nitrogen and oxygen atoms in total. The van der Waals surface area contributed by atoms with Gasteiger partial charge in [0, 0.05) is 36.0 Å². The maximum Gasteiger partial charge on any atom is 0.255 e. The molecule has 2 N–H and O–H groups in total. The largest absolute Gasteiger partial charge is 0.491 e. The number of ether oxygens (including phenoxy) is 2. The second-order valence-electron chi connectivity index (χ2n) is 9.10. The summed E-state index contributed by atoms with van der Waals surface area (Å²) >= 11 is 0. The lowest BCUT2D eigenvalue weighted by Crippen LogP contribution is -2.19. The predicted octanol–water partition coefficient (Wildman–Crippen LogP) is 5.10. The van der Waals surface area contributed by atoms with E-state index in [4.69, 9.17) is 9.47 Å². The van der Waals surface area contributed by atoms with Gasteiger partial charge in [0.25, 0.3) is 5.91 Å². The smallest absolute Gasteiger partial charge is 0.255 e. The Bertz CT molecular complexity index is 1090. The average Bonchev–Trinajstić information content (AvgIpc) is 3.33. The monoisotopic (exact) mass is 447 g/mol. The summed E-state index contributed by atoms with van der Waals surface area (Å²) in [6, 6.07) is 13.3. The van der Waals surface area contributed by atoms with Gasteiger partial charge in [0.15, 0.2) is 0 Å². The van der Waals surface area contributed by atoms with Crippen molar-refractivity contribution in [1.29, 1.82) is 0 Å². The van der Waals surface area contributed by atoms with E-state index in [2.05, 4.69) is 35.5 Å². The molecule has 1 fully saturated rings. The molecule has 1 aliphatic heterocycles. The maximum atomic E-state index is 12.8. The lowest BCUT2D eigenvalue weighted by molar-refractivity contribution is 0.0679. The summed E-state index contributed by atoms with van der Waals surface area (Å²) in [6.07, 6.45) is 4.21. The van der Waals surface area contributed by atoms with Crippen LogP contribution in [-0.4, -0.2) is 36.8 Å². The fourth-order valence-electron chi connectivity index (χ4n) is 3.99. The topological polar surface area (TPSA) is 72.5 Å². The summed E-state index contributed by atoms with van der Waals surface area (Å²) in [5.74, 6) is 1.20. The van der Waals surface area contributed by atoms with Crippen molar-refractivity contribution in [3.8, 4) is 5.75 Å². The molecule has 0 saturated carbocycles. The van der Waals surface area contributed by atoms with E-state index in [1.165, 1.54) is 0 Å². The van der Waals surface area contributed by atoms with Crippen molar-refractivity contribution in [3.63, 3.8) is 0 Å². The highest BCUT2D eigenvalue weighted by Crippen LogP contribution is 2.25. The van der Waals surface area contributed by atoms with E-state index in [-0.39, 0.29) is 12.0 Å². The van der Waals surface area contributed by atoms with Gasteiger partial charge < -0.3 is 20.1 Å². The van der Waals surface area contributed by atoms with Crippen LogP contribution in [0.2, 0.25) is 0 Å². The number of fused-ring (bicyclic) bond motifs is 1. The highest BCUT2D eigenvalue weighted by Gasteiger charge is 2.16. The number of amides is 1. The minimum atomic E-state index is -0.155. The summed E-state index contributed by atoms with van der Waals surface area (Å²) in [7, 11) is 0. The molecule has 0 radical (unpaired) electrons. The third-order valence-electron chi connectivity index (χ3n) is 5.87. The molecule has 1 aliphatic rings. The van der Waals surface area contributed by atoms with Gasteiger partial charge in [-0.05, 0) is 79.8 Å². The highest BCUT2D eigenvalue weighted by atomic mass is 16.5. The van der Waals surface area contributed by atoms with E-state index in [1.54, 1.807) is 12.1 Å². The number of aromatic nitrogens is 1. The zero-order valence-corrected chi connectivity index (χ0v) is 19.7. The third-order valence-corrected chi connectivity index (χ3v) is 5.87. The van der Waals surface area contributed by atoms with Crippen molar-refractivity contribution in [3.05, 3.63) is 65.4 Å². The van der Waals surface area contributed by atoms with Crippen molar-refractivity contribution in [1.82, 2.24) is 10.3 Å². The van der Waals surface area contributed by atoms with Crippen LogP contribution in [-0.2, 0) is 11.3 Å². The van der Waals surface area contributed by atoms with Crippen LogP contribution in [0.1, 0.15) is 48.2 Å². The molecule has 0 bridgehead atoms. The van der Waals surface area contributed by atoms with E-state index < -0.39 is 0 Å². The highest BCUT2D eigenvalue weighted by molar-refractivity contribution is 6.06. The van der Waals surface area contributed by atoms with E-state index >= 15 is 0 Å². The Hall–Kier alpha value is -2.96. The number of nitrogens with zero attached hydrogens (tertiary/aromatic N) is 1. The van der Waals surface area contributed by atoms with Gasteiger partial charge in [-0.15, -0.1) is 0 Å². The number of benzene rings is 2. The second-order valence-corrected chi connectivity index (χ2v) is 9.10. The Morgan fingerprint density at radius 3 is 2.76 bits per heavy atom. The third kappa shape index (κ3) is 6.09. The first-order chi connectivity index (χ1) is 16.0. The van der Waals surface area contributed by atoms with E-state index in [0.29, 0.717) is 18.1 Å². The van der Waals surface area contributed by atoms with Crippen molar-refractivity contribution in [2.45, 2.75) is 46.3 Å². The number of hydrogen-bond donors (Lipinski definition) is 2. The quantitative estimate of drug-likeness (QED) is 0.478. The molecule has 1 unspecified atom stereocenters. The van der Waals surface area contributed by atoms with Gasteiger partial charge in [-0.2, -0.15) is 0 Å². The van der Waals surface area contributed by atoms with Gasteiger partial charge in [0.1, 0.15) is 12.4 Å². The molecule has 1 saturated heterocycles. The maximum absolute atomic E-state index is 12.8. The van der Waals surface area contributed by atoms with Crippen LogP contribution in [0.15, 0.2) is 48.7 Å². The fourth-order valence-corrected chi connectivity index (χ4v) is 3.99.